The largest absolute Gasteiger partial charge is 0.493 e. The molecule has 82 valence electrons. The molecule has 1 saturated heterocycles. The summed E-state index contributed by atoms with van der Waals surface area (Å²) in [6, 6.07) is 3.77. The van der Waals surface area contributed by atoms with Crippen LogP contribution in [0.3, 0.4) is 0 Å². The second-order valence-electron chi connectivity index (χ2n) is 3.67. The van der Waals surface area contributed by atoms with Crippen LogP contribution in [0, 0.1) is 5.92 Å². The zero-order valence-corrected chi connectivity index (χ0v) is 8.90. The number of hydrogen-bond acceptors (Lipinski definition) is 4. The van der Waals surface area contributed by atoms with Crippen LogP contribution < -0.4 is 10.1 Å². The molecule has 1 aliphatic rings. The molecule has 1 aromatic rings. The van der Waals surface area contributed by atoms with Gasteiger partial charge in [-0.2, -0.15) is 0 Å². The highest BCUT2D eigenvalue weighted by Gasteiger charge is 2.16. The predicted octanol–water partition coefficient (Wildman–Crippen LogP) is 1.54. The molecule has 15 heavy (non-hydrogen) atoms. The fraction of sp³-hybridized carbons (Fsp3) is 0.545. The van der Waals surface area contributed by atoms with Crippen molar-refractivity contribution in [3.8, 4) is 5.75 Å². The van der Waals surface area contributed by atoms with Crippen LogP contribution in [0.2, 0.25) is 0 Å². The maximum Gasteiger partial charge on any atom is 0.129 e. The van der Waals surface area contributed by atoms with Crippen LogP contribution in [0.1, 0.15) is 6.42 Å². The van der Waals surface area contributed by atoms with Gasteiger partial charge in [0.25, 0.3) is 0 Å². The van der Waals surface area contributed by atoms with Gasteiger partial charge in [-0.05, 0) is 12.5 Å². The van der Waals surface area contributed by atoms with Crippen molar-refractivity contribution < 1.29 is 9.47 Å². The Bertz CT molecular complexity index is 311. The monoisotopic (exact) mass is 208 g/mol. The number of ether oxygens (including phenoxy) is 2. The zero-order valence-electron chi connectivity index (χ0n) is 8.90. The Balaban J connectivity index is 1.86. The van der Waals surface area contributed by atoms with Crippen molar-refractivity contribution in [2.45, 2.75) is 6.42 Å². The highest BCUT2D eigenvalue weighted by molar-refractivity contribution is 5.39. The number of hydrogen-bond donors (Lipinski definition) is 1. The standard InChI is InChI=1S/C11H16N2O2/c1-12-11-6-10(2-4-13-11)15-8-9-3-5-14-7-9/h2,4,6,9H,3,5,7-8H2,1H3,(H,12,13). The molecule has 1 unspecified atom stereocenters. The van der Waals surface area contributed by atoms with Crippen LogP contribution >= 0.6 is 0 Å². The van der Waals surface area contributed by atoms with Gasteiger partial charge in [0.1, 0.15) is 11.6 Å². The van der Waals surface area contributed by atoms with Gasteiger partial charge < -0.3 is 14.8 Å². The van der Waals surface area contributed by atoms with Gasteiger partial charge in [-0.25, -0.2) is 4.98 Å². The molecule has 0 spiro atoms. The fourth-order valence-corrected chi connectivity index (χ4v) is 1.57. The molecule has 1 atom stereocenters. The van der Waals surface area contributed by atoms with E-state index in [9.17, 15) is 0 Å². The van der Waals surface area contributed by atoms with Crippen LogP contribution in [-0.2, 0) is 4.74 Å². The highest BCUT2D eigenvalue weighted by Crippen LogP contribution is 2.17. The lowest BCUT2D eigenvalue weighted by atomic mass is 10.1. The van der Waals surface area contributed by atoms with Crippen LogP contribution in [0.15, 0.2) is 18.3 Å². The molecular formula is C11H16N2O2. The lowest BCUT2D eigenvalue weighted by Crippen LogP contribution is -2.11. The first-order valence-corrected chi connectivity index (χ1v) is 5.23. The Morgan fingerprint density at radius 3 is 3.33 bits per heavy atom. The third kappa shape index (κ3) is 2.83. The number of nitrogens with one attached hydrogen (secondary N) is 1. The number of rotatable bonds is 4. The first-order valence-electron chi connectivity index (χ1n) is 5.23. The molecule has 0 radical (unpaired) electrons. The highest BCUT2D eigenvalue weighted by atomic mass is 16.5. The summed E-state index contributed by atoms with van der Waals surface area (Å²) in [5.41, 5.74) is 0. The van der Waals surface area contributed by atoms with E-state index >= 15 is 0 Å². The number of aromatic nitrogens is 1. The summed E-state index contributed by atoms with van der Waals surface area (Å²) in [5.74, 6) is 2.23. The Morgan fingerprint density at radius 1 is 1.67 bits per heavy atom. The summed E-state index contributed by atoms with van der Waals surface area (Å²) in [4.78, 5) is 4.12. The van der Waals surface area contributed by atoms with Crippen molar-refractivity contribution in [1.29, 1.82) is 0 Å². The Morgan fingerprint density at radius 2 is 2.60 bits per heavy atom. The van der Waals surface area contributed by atoms with Gasteiger partial charge >= 0.3 is 0 Å². The SMILES string of the molecule is CNc1cc(OCC2CCOC2)ccn1. The van der Waals surface area contributed by atoms with E-state index in [4.69, 9.17) is 9.47 Å². The van der Waals surface area contributed by atoms with Gasteiger partial charge in [0.2, 0.25) is 0 Å². The Kier molecular flexibility index (Phi) is 3.40. The maximum atomic E-state index is 5.67. The van der Waals surface area contributed by atoms with E-state index < -0.39 is 0 Å². The summed E-state index contributed by atoms with van der Waals surface area (Å²) < 4.78 is 11.0. The molecule has 2 rings (SSSR count). The van der Waals surface area contributed by atoms with E-state index in [0.717, 1.165) is 37.8 Å². The van der Waals surface area contributed by atoms with E-state index in [1.165, 1.54) is 0 Å². The van der Waals surface area contributed by atoms with E-state index in [2.05, 4.69) is 10.3 Å². The quantitative estimate of drug-likeness (QED) is 0.815. The van der Waals surface area contributed by atoms with Crippen molar-refractivity contribution >= 4 is 5.82 Å². The second-order valence-corrected chi connectivity index (χ2v) is 3.67. The Labute approximate surface area is 89.6 Å². The molecule has 0 bridgehead atoms. The van der Waals surface area contributed by atoms with Crippen molar-refractivity contribution in [2.75, 3.05) is 32.2 Å². The third-order valence-electron chi connectivity index (χ3n) is 2.50. The van der Waals surface area contributed by atoms with Crippen molar-refractivity contribution in [2.24, 2.45) is 5.92 Å². The van der Waals surface area contributed by atoms with Crippen LogP contribution in [0.25, 0.3) is 0 Å². The first kappa shape index (κ1) is 10.2. The fourth-order valence-electron chi connectivity index (χ4n) is 1.57. The van der Waals surface area contributed by atoms with Gasteiger partial charge in [-0.3, -0.25) is 0 Å². The van der Waals surface area contributed by atoms with Crippen LogP contribution in [0.4, 0.5) is 5.82 Å². The van der Waals surface area contributed by atoms with Crippen LogP contribution in [-0.4, -0.2) is 31.9 Å². The zero-order chi connectivity index (χ0) is 10.5. The number of nitrogens with zero attached hydrogens (tertiary/aromatic N) is 1. The lowest BCUT2D eigenvalue weighted by Gasteiger charge is -2.10. The molecule has 1 fully saturated rings. The van der Waals surface area contributed by atoms with E-state index in [0.29, 0.717) is 5.92 Å². The van der Waals surface area contributed by atoms with E-state index in [1.807, 2.05) is 19.2 Å². The normalized spacial score (nSPS) is 20.2. The second kappa shape index (κ2) is 4.98. The number of pyridine rings is 1. The topological polar surface area (TPSA) is 43.4 Å². The molecule has 0 aromatic carbocycles. The van der Waals surface area contributed by atoms with Gasteiger partial charge in [0.15, 0.2) is 0 Å². The minimum Gasteiger partial charge on any atom is -0.493 e. The summed E-state index contributed by atoms with van der Waals surface area (Å²) in [7, 11) is 1.84. The molecule has 4 heteroatoms. The maximum absolute atomic E-state index is 5.67. The van der Waals surface area contributed by atoms with E-state index in [-0.39, 0.29) is 0 Å². The van der Waals surface area contributed by atoms with Gasteiger partial charge in [-0.1, -0.05) is 0 Å². The Hall–Kier alpha value is -1.29. The third-order valence-corrected chi connectivity index (χ3v) is 2.50. The number of anilines is 1. The summed E-state index contributed by atoms with van der Waals surface area (Å²) in [6.07, 6.45) is 2.84. The van der Waals surface area contributed by atoms with Gasteiger partial charge in [-0.15, -0.1) is 0 Å². The van der Waals surface area contributed by atoms with Crippen LogP contribution in [0.5, 0.6) is 5.75 Å². The van der Waals surface area contributed by atoms with Gasteiger partial charge in [0.05, 0.1) is 13.2 Å². The molecule has 0 amide bonds. The molecular weight excluding hydrogens is 192 g/mol. The smallest absolute Gasteiger partial charge is 0.129 e. The van der Waals surface area contributed by atoms with E-state index in [1.54, 1.807) is 6.20 Å². The summed E-state index contributed by atoms with van der Waals surface area (Å²) in [5, 5.41) is 2.98. The molecule has 0 saturated carbocycles. The molecule has 1 aliphatic heterocycles. The van der Waals surface area contributed by atoms with Crippen molar-refractivity contribution in [3.63, 3.8) is 0 Å². The van der Waals surface area contributed by atoms with Crippen molar-refractivity contribution in [1.82, 2.24) is 4.98 Å². The average Bonchev–Trinajstić information content (AvgIpc) is 2.79. The minimum atomic E-state index is 0.538. The minimum absolute atomic E-state index is 0.538. The molecule has 1 N–H and O–H groups in total. The average molecular weight is 208 g/mol. The summed E-state index contributed by atoms with van der Waals surface area (Å²) in [6.45, 7) is 2.42. The molecule has 0 aliphatic carbocycles. The first-order chi connectivity index (χ1) is 7.38. The van der Waals surface area contributed by atoms with Crippen molar-refractivity contribution in [3.05, 3.63) is 18.3 Å². The molecule has 1 aromatic heterocycles. The predicted molar refractivity (Wildman–Crippen MR) is 58.2 cm³/mol. The molecule has 2 heterocycles. The lowest BCUT2D eigenvalue weighted by molar-refractivity contribution is 0.167. The molecule has 4 nitrogen and oxygen atoms in total. The van der Waals surface area contributed by atoms with Gasteiger partial charge in [0, 0.05) is 31.8 Å². The summed E-state index contributed by atoms with van der Waals surface area (Å²) >= 11 is 0.